The van der Waals surface area contributed by atoms with Crippen LogP contribution in [0.1, 0.15) is 29.6 Å². The molecule has 0 radical (unpaired) electrons. The summed E-state index contributed by atoms with van der Waals surface area (Å²) < 4.78 is 29.5. The van der Waals surface area contributed by atoms with Crippen LogP contribution in [-0.2, 0) is 9.84 Å². The fraction of sp³-hybridized carbons (Fsp3) is 0.350. The zero-order chi connectivity index (χ0) is 18.1. The Balaban J connectivity index is 1.56. The first-order chi connectivity index (χ1) is 12.5. The van der Waals surface area contributed by atoms with E-state index in [0.717, 1.165) is 12.8 Å². The van der Waals surface area contributed by atoms with Crippen LogP contribution in [-0.4, -0.2) is 42.8 Å². The topological polar surface area (TPSA) is 63.7 Å². The monoisotopic (exact) mass is 371 g/mol. The van der Waals surface area contributed by atoms with Gasteiger partial charge in [-0.15, -0.1) is 0 Å². The maximum atomic E-state index is 13.1. The molecule has 2 aromatic carbocycles. The van der Waals surface area contributed by atoms with Crippen LogP contribution in [0.3, 0.4) is 0 Å². The number of para-hydroxylation sites is 1. The molecule has 0 N–H and O–H groups in total. The molecule has 136 valence electrons. The van der Waals surface area contributed by atoms with Crippen molar-refractivity contribution < 1.29 is 17.9 Å². The molecule has 6 heteroatoms. The second-order valence-electron chi connectivity index (χ2n) is 6.94. The van der Waals surface area contributed by atoms with Crippen molar-refractivity contribution in [2.45, 2.75) is 31.3 Å². The van der Waals surface area contributed by atoms with E-state index in [9.17, 15) is 13.2 Å². The number of nitrogens with zero attached hydrogens (tertiary/aromatic N) is 1. The SMILES string of the molecule is O=C(c1cccc(Oc2ccccc2)c1)N(C1CC1)[C@@H]1CCS(=O)(=O)C1. The predicted molar refractivity (Wildman–Crippen MR) is 99.2 cm³/mol. The molecular formula is C20H21NO4S. The summed E-state index contributed by atoms with van der Waals surface area (Å²) in [5, 5.41) is 0. The Morgan fingerprint density at radius 3 is 2.31 bits per heavy atom. The molecule has 0 aromatic heterocycles. The van der Waals surface area contributed by atoms with E-state index >= 15 is 0 Å². The van der Waals surface area contributed by atoms with Crippen LogP contribution in [0, 0.1) is 0 Å². The Labute approximate surface area is 153 Å². The van der Waals surface area contributed by atoms with E-state index in [-0.39, 0.29) is 29.5 Å². The first kappa shape index (κ1) is 17.1. The summed E-state index contributed by atoms with van der Waals surface area (Å²) in [5.74, 6) is 1.45. The molecule has 2 fully saturated rings. The molecule has 1 saturated carbocycles. The number of amides is 1. The molecule has 1 heterocycles. The number of hydrogen-bond donors (Lipinski definition) is 0. The van der Waals surface area contributed by atoms with Gasteiger partial charge in [0.1, 0.15) is 11.5 Å². The zero-order valence-electron chi connectivity index (χ0n) is 14.4. The number of sulfone groups is 1. The molecule has 1 saturated heterocycles. The minimum Gasteiger partial charge on any atom is -0.457 e. The number of carbonyl (C=O) groups excluding carboxylic acids is 1. The van der Waals surface area contributed by atoms with E-state index in [1.54, 1.807) is 23.1 Å². The van der Waals surface area contributed by atoms with Gasteiger partial charge in [0.15, 0.2) is 9.84 Å². The quantitative estimate of drug-likeness (QED) is 0.809. The van der Waals surface area contributed by atoms with Crippen molar-refractivity contribution in [2.24, 2.45) is 0 Å². The van der Waals surface area contributed by atoms with E-state index in [2.05, 4.69) is 0 Å². The van der Waals surface area contributed by atoms with Gasteiger partial charge in [0.2, 0.25) is 0 Å². The molecule has 1 amide bonds. The van der Waals surface area contributed by atoms with E-state index in [1.165, 1.54) is 0 Å². The number of ether oxygens (including phenoxy) is 1. The first-order valence-electron chi connectivity index (χ1n) is 8.88. The average Bonchev–Trinajstić information content (AvgIpc) is 3.39. The lowest BCUT2D eigenvalue weighted by Gasteiger charge is -2.28. The normalized spacial score (nSPS) is 21.3. The van der Waals surface area contributed by atoms with Gasteiger partial charge in [0.25, 0.3) is 5.91 Å². The molecule has 4 rings (SSSR count). The van der Waals surface area contributed by atoms with Gasteiger partial charge < -0.3 is 9.64 Å². The maximum absolute atomic E-state index is 13.1. The maximum Gasteiger partial charge on any atom is 0.254 e. The van der Waals surface area contributed by atoms with Gasteiger partial charge in [-0.2, -0.15) is 0 Å². The second-order valence-corrected chi connectivity index (χ2v) is 9.17. The fourth-order valence-electron chi connectivity index (χ4n) is 3.44. The minimum atomic E-state index is -3.03. The Hall–Kier alpha value is -2.34. The molecule has 26 heavy (non-hydrogen) atoms. The summed E-state index contributed by atoms with van der Waals surface area (Å²) in [6.07, 6.45) is 2.43. The first-order valence-corrected chi connectivity index (χ1v) is 10.7. The van der Waals surface area contributed by atoms with Crippen LogP contribution in [0.5, 0.6) is 11.5 Å². The molecule has 2 aliphatic rings. The molecule has 2 aromatic rings. The molecule has 0 unspecified atom stereocenters. The highest BCUT2D eigenvalue weighted by Crippen LogP contribution is 2.34. The van der Waals surface area contributed by atoms with E-state index in [1.807, 2.05) is 36.4 Å². The van der Waals surface area contributed by atoms with Crippen LogP contribution >= 0.6 is 0 Å². The second kappa shape index (κ2) is 6.76. The summed E-state index contributed by atoms with van der Waals surface area (Å²) in [6, 6.07) is 16.5. The molecule has 5 nitrogen and oxygen atoms in total. The largest absolute Gasteiger partial charge is 0.457 e. The number of rotatable bonds is 5. The van der Waals surface area contributed by atoms with Crippen LogP contribution in [0.15, 0.2) is 54.6 Å². The van der Waals surface area contributed by atoms with E-state index in [0.29, 0.717) is 23.5 Å². The van der Waals surface area contributed by atoms with Crippen LogP contribution < -0.4 is 4.74 Å². The molecule has 1 aliphatic heterocycles. The zero-order valence-corrected chi connectivity index (χ0v) is 15.2. The van der Waals surface area contributed by atoms with E-state index in [4.69, 9.17) is 4.74 Å². The lowest BCUT2D eigenvalue weighted by atomic mass is 10.1. The standard InChI is InChI=1S/C20H21NO4S/c22-20(21(16-9-10-16)17-11-12-26(23,24)14-17)15-5-4-8-19(13-15)25-18-6-2-1-3-7-18/h1-8,13,16-17H,9-12,14H2/t17-/m1/s1. The average molecular weight is 371 g/mol. The number of benzene rings is 2. The third-order valence-corrected chi connectivity index (χ3v) is 6.59. The third-order valence-electron chi connectivity index (χ3n) is 4.84. The van der Waals surface area contributed by atoms with Crippen molar-refractivity contribution in [2.75, 3.05) is 11.5 Å². The molecule has 0 bridgehead atoms. The van der Waals surface area contributed by atoms with E-state index < -0.39 is 9.84 Å². The van der Waals surface area contributed by atoms with Gasteiger partial charge in [-0.1, -0.05) is 24.3 Å². The Kier molecular flexibility index (Phi) is 4.44. The highest BCUT2D eigenvalue weighted by Gasteiger charge is 2.42. The summed E-state index contributed by atoms with van der Waals surface area (Å²) in [5.41, 5.74) is 0.537. The Morgan fingerprint density at radius 1 is 0.923 bits per heavy atom. The Bertz CT molecular complexity index is 906. The van der Waals surface area contributed by atoms with Crippen molar-refractivity contribution in [1.82, 2.24) is 4.90 Å². The highest BCUT2D eigenvalue weighted by atomic mass is 32.2. The summed E-state index contributed by atoms with van der Waals surface area (Å²) in [7, 11) is -3.03. The molecule has 1 aliphatic carbocycles. The van der Waals surface area contributed by atoms with Crippen molar-refractivity contribution in [3.63, 3.8) is 0 Å². The summed E-state index contributed by atoms with van der Waals surface area (Å²) in [4.78, 5) is 14.9. The lowest BCUT2D eigenvalue weighted by Crippen LogP contribution is -2.42. The molecule has 1 atom stereocenters. The van der Waals surface area contributed by atoms with Gasteiger partial charge in [0.05, 0.1) is 11.5 Å². The van der Waals surface area contributed by atoms with Gasteiger partial charge in [-0.3, -0.25) is 4.79 Å². The summed E-state index contributed by atoms with van der Waals surface area (Å²) >= 11 is 0. The van der Waals surface area contributed by atoms with Gasteiger partial charge in [-0.25, -0.2) is 8.42 Å². The lowest BCUT2D eigenvalue weighted by molar-refractivity contribution is 0.0680. The third kappa shape index (κ3) is 3.75. The van der Waals surface area contributed by atoms with Crippen molar-refractivity contribution >= 4 is 15.7 Å². The molecule has 0 spiro atoms. The number of hydrogen-bond acceptors (Lipinski definition) is 4. The van der Waals surface area contributed by atoms with Gasteiger partial charge in [0, 0.05) is 17.6 Å². The smallest absolute Gasteiger partial charge is 0.254 e. The van der Waals surface area contributed by atoms with Crippen LogP contribution in [0.25, 0.3) is 0 Å². The Morgan fingerprint density at radius 2 is 1.65 bits per heavy atom. The number of carbonyl (C=O) groups is 1. The van der Waals surface area contributed by atoms with Crippen LogP contribution in [0.4, 0.5) is 0 Å². The fourth-order valence-corrected chi connectivity index (χ4v) is 5.15. The van der Waals surface area contributed by atoms with Crippen molar-refractivity contribution in [3.05, 3.63) is 60.2 Å². The van der Waals surface area contributed by atoms with Crippen molar-refractivity contribution in [3.8, 4) is 11.5 Å². The highest BCUT2D eigenvalue weighted by molar-refractivity contribution is 7.91. The predicted octanol–water partition coefficient (Wildman–Crippen LogP) is 3.27. The van der Waals surface area contributed by atoms with Crippen LogP contribution in [0.2, 0.25) is 0 Å². The summed E-state index contributed by atoms with van der Waals surface area (Å²) in [6.45, 7) is 0. The van der Waals surface area contributed by atoms with Gasteiger partial charge in [-0.05, 0) is 49.6 Å². The van der Waals surface area contributed by atoms with Crippen molar-refractivity contribution in [1.29, 1.82) is 0 Å². The minimum absolute atomic E-state index is 0.0788. The molecular weight excluding hydrogens is 350 g/mol. The van der Waals surface area contributed by atoms with Gasteiger partial charge >= 0.3 is 0 Å².